The van der Waals surface area contributed by atoms with E-state index in [9.17, 15) is 9.59 Å². The zero-order valence-electron chi connectivity index (χ0n) is 15.9. The Morgan fingerprint density at radius 2 is 1.82 bits per heavy atom. The number of hydrogen-bond acceptors (Lipinski definition) is 3. The summed E-state index contributed by atoms with van der Waals surface area (Å²) in [4.78, 5) is 25.0. The number of benzene rings is 2. The van der Waals surface area contributed by atoms with Crippen molar-refractivity contribution >= 4 is 17.5 Å². The van der Waals surface area contributed by atoms with E-state index in [-0.39, 0.29) is 11.6 Å². The Kier molecular flexibility index (Phi) is 6.26. The number of aromatic nitrogens is 2. The molecular weight excluding hydrogens is 374 g/mol. The molecule has 0 spiro atoms. The lowest BCUT2D eigenvalue weighted by Gasteiger charge is -2.16. The molecule has 0 radical (unpaired) electrons. The Bertz CT molecular complexity index is 1030. The predicted octanol–water partition coefficient (Wildman–Crippen LogP) is 4.12. The molecule has 0 fully saturated rings. The lowest BCUT2D eigenvalue weighted by molar-refractivity contribution is 0.0943. The maximum Gasteiger partial charge on any atom is 0.275 e. The largest absolute Gasteiger partial charge is 0.350 e. The minimum absolute atomic E-state index is 0.145. The number of nitrogens with zero attached hydrogens (tertiary/aromatic N) is 2. The summed E-state index contributed by atoms with van der Waals surface area (Å²) in [6, 6.07) is 18.6. The maximum atomic E-state index is 12.7. The van der Waals surface area contributed by atoms with Crippen LogP contribution in [-0.2, 0) is 0 Å². The third-order valence-corrected chi connectivity index (χ3v) is 5.00. The molecule has 144 valence electrons. The molecule has 0 aliphatic rings. The minimum Gasteiger partial charge on any atom is -0.350 e. The van der Waals surface area contributed by atoms with Gasteiger partial charge in [-0.2, -0.15) is 5.10 Å². The van der Waals surface area contributed by atoms with Crippen LogP contribution in [0.4, 0.5) is 0 Å². The first-order valence-corrected chi connectivity index (χ1v) is 9.58. The quantitative estimate of drug-likeness (QED) is 0.682. The number of carbonyl (C=O) groups excluding carboxylic acids is 1. The van der Waals surface area contributed by atoms with Crippen molar-refractivity contribution < 1.29 is 4.79 Å². The predicted molar refractivity (Wildman–Crippen MR) is 111 cm³/mol. The fourth-order valence-corrected chi connectivity index (χ4v) is 3.31. The molecule has 1 unspecified atom stereocenters. The monoisotopic (exact) mass is 395 g/mol. The molecule has 0 saturated heterocycles. The van der Waals surface area contributed by atoms with Crippen LogP contribution < -0.4 is 10.7 Å². The highest BCUT2D eigenvalue weighted by Gasteiger charge is 2.18. The van der Waals surface area contributed by atoms with E-state index in [1.807, 2.05) is 42.5 Å². The number of nitrogens with one attached hydrogen (secondary N) is 1. The molecule has 1 amide bonds. The molecule has 0 aliphatic heterocycles. The van der Waals surface area contributed by atoms with Crippen LogP contribution in [0.3, 0.4) is 0 Å². The maximum absolute atomic E-state index is 12.7. The molecule has 28 heavy (non-hydrogen) atoms. The Labute approximate surface area is 169 Å². The fourth-order valence-electron chi connectivity index (χ4n) is 3.09. The van der Waals surface area contributed by atoms with Gasteiger partial charge < -0.3 is 5.32 Å². The van der Waals surface area contributed by atoms with Gasteiger partial charge in [-0.05, 0) is 31.0 Å². The van der Waals surface area contributed by atoms with E-state index >= 15 is 0 Å². The van der Waals surface area contributed by atoms with Crippen LogP contribution >= 0.6 is 11.6 Å². The highest BCUT2D eigenvalue weighted by Crippen LogP contribution is 2.20. The van der Waals surface area contributed by atoms with Crippen molar-refractivity contribution in [2.24, 2.45) is 0 Å². The molecule has 3 aromatic rings. The smallest absolute Gasteiger partial charge is 0.275 e. The van der Waals surface area contributed by atoms with Crippen molar-refractivity contribution in [2.75, 3.05) is 6.54 Å². The Balaban J connectivity index is 1.85. The molecule has 0 bridgehead atoms. The third kappa shape index (κ3) is 4.31. The van der Waals surface area contributed by atoms with Gasteiger partial charge >= 0.3 is 0 Å². The Morgan fingerprint density at radius 1 is 1.14 bits per heavy atom. The Hall–Kier alpha value is -2.92. The molecule has 6 heteroatoms. The topological polar surface area (TPSA) is 64.0 Å². The van der Waals surface area contributed by atoms with Crippen molar-refractivity contribution in [3.8, 4) is 5.69 Å². The van der Waals surface area contributed by atoms with Crippen molar-refractivity contribution in [1.29, 1.82) is 0 Å². The lowest BCUT2D eigenvalue weighted by Crippen LogP contribution is -2.34. The summed E-state index contributed by atoms with van der Waals surface area (Å²) >= 11 is 6.25. The van der Waals surface area contributed by atoms with Crippen LogP contribution in [0, 0.1) is 6.92 Å². The third-order valence-electron chi connectivity index (χ3n) is 4.68. The zero-order chi connectivity index (χ0) is 20.1. The van der Waals surface area contributed by atoms with Crippen LogP contribution in [0.15, 0.2) is 65.5 Å². The van der Waals surface area contributed by atoms with Crippen LogP contribution in [0.25, 0.3) is 5.69 Å². The van der Waals surface area contributed by atoms with Gasteiger partial charge in [0.15, 0.2) is 5.69 Å². The first kappa shape index (κ1) is 19.8. The molecule has 0 saturated carbocycles. The van der Waals surface area contributed by atoms with Crippen molar-refractivity contribution in [3.63, 3.8) is 0 Å². The van der Waals surface area contributed by atoms with E-state index in [0.29, 0.717) is 22.9 Å². The van der Waals surface area contributed by atoms with Crippen LogP contribution in [0.5, 0.6) is 0 Å². The average Bonchev–Trinajstić information content (AvgIpc) is 2.70. The molecule has 5 nitrogen and oxygen atoms in total. The number of aryl methyl sites for hydroxylation is 1. The molecular formula is C22H22ClN3O2. The van der Waals surface area contributed by atoms with E-state index < -0.39 is 11.3 Å². The lowest BCUT2D eigenvalue weighted by atomic mass is 9.96. The summed E-state index contributed by atoms with van der Waals surface area (Å²) in [6.45, 7) is 4.25. The van der Waals surface area contributed by atoms with Crippen molar-refractivity contribution in [2.45, 2.75) is 26.2 Å². The Morgan fingerprint density at radius 3 is 2.50 bits per heavy atom. The molecule has 1 atom stereocenters. The molecule has 1 heterocycles. The first-order valence-electron chi connectivity index (χ1n) is 9.20. The number of halogens is 1. The fraction of sp³-hybridized carbons (Fsp3) is 0.227. The number of amides is 1. The van der Waals surface area contributed by atoms with Gasteiger partial charge in [-0.3, -0.25) is 9.59 Å². The van der Waals surface area contributed by atoms with Gasteiger partial charge in [-0.25, -0.2) is 4.68 Å². The standard InChI is InChI=1S/C22H22ClN3O2/c1-3-16(17-9-5-4-6-10-17)14-24-22(28)21-20(27)13-15(2)26(25-21)19-12-8-7-11-18(19)23/h4-13,16H,3,14H2,1-2H3,(H,24,28). The molecule has 0 aliphatic carbocycles. The number of carbonyl (C=O) groups is 1. The minimum atomic E-state index is -0.486. The van der Waals surface area contributed by atoms with Gasteiger partial charge in [0.1, 0.15) is 0 Å². The van der Waals surface area contributed by atoms with Crippen LogP contribution in [0.1, 0.15) is 41.0 Å². The van der Waals surface area contributed by atoms with Gasteiger partial charge in [0.25, 0.3) is 5.91 Å². The zero-order valence-corrected chi connectivity index (χ0v) is 16.6. The molecule has 1 N–H and O–H groups in total. The number of rotatable bonds is 6. The van der Waals surface area contributed by atoms with Gasteiger partial charge in [-0.15, -0.1) is 0 Å². The second-order valence-corrected chi connectivity index (χ2v) is 6.99. The van der Waals surface area contributed by atoms with Gasteiger partial charge in [-0.1, -0.05) is 61.0 Å². The van der Waals surface area contributed by atoms with Gasteiger partial charge in [0.2, 0.25) is 5.43 Å². The summed E-state index contributed by atoms with van der Waals surface area (Å²) in [5, 5.41) is 7.63. The molecule has 3 rings (SSSR count). The van der Waals surface area contributed by atoms with Gasteiger partial charge in [0.05, 0.1) is 10.7 Å². The normalized spacial score (nSPS) is 11.8. The summed E-state index contributed by atoms with van der Waals surface area (Å²) in [5.41, 5.74) is 1.81. The summed E-state index contributed by atoms with van der Waals surface area (Å²) in [5.74, 6) is -0.318. The van der Waals surface area contributed by atoms with Crippen LogP contribution in [-0.4, -0.2) is 22.2 Å². The molecule has 2 aromatic carbocycles. The number of hydrogen-bond donors (Lipinski definition) is 1. The summed E-state index contributed by atoms with van der Waals surface area (Å²) < 4.78 is 1.52. The van der Waals surface area contributed by atoms with E-state index in [0.717, 1.165) is 12.0 Å². The van der Waals surface area contributed by atoms with Gasteiger partial charge in [0, 0.05) is 24.2 Å². The van der Waals surface area contributed by atoms with E-state index in [4.69, 9.17) is 11.6 Å². The molecule has 1 aromatic heterocycles. The number of para-hydroxylation sites is 1. The van der Waals surface area contributed by atoms with Crippen molar-refractivity contribution in [1.82, 2.24) is 15.1 Å². The first-order chi connectivity index (χ1) is 13.5. The van der Waals surface area contributed by atoms with E-state index in [2.05, 4.69) is 17.3 Å². The average molecular weight is 396 g/mol. The SMILES string of the molecule is CCC(CNC(=O)c1nn(-c2ccccc2Cl)c(C)cc1=O)c1ccccc1. The second kappa shape index (κ2) is 8.85. The summed E-state index contributed by atoms with van der Waals surface area (Å²) in [7, 11) is 0. The highest BCUT2D eigenvalue weighted by molar-refractivity contribution is 6.32. The van der Waals surface area contributed by atoms with E-state index in [1.165, 1.54) is 10.7 Å². The van der Waals surface area contributed by atoms with Crippen LogP contribution in [0.2, 0.25) is 5.02 Å². The highest BCUT2D eigenvalue weighted by atomic mass is 35.5. The second-order valence-electron chi connectivity index (χ2n) is 6.59. The van der Waals surface area contributed by atoms with Crippen molar-refractivity contribution in [3.05, 3.63) is 92.9 Å². The van der Waals surface area contributed by atoms with E-state index in [1.54, 1.807) is 19.1 Å². The summed E-state index contributed by atoms with van der Waals surface area (Å²) in [6.07, 6.45) is 0.871.